The number of fused-ring (bicyclic) bond motifs is 1. The molecule has 2 N–H and O–H groups in total. The Hall–Kier alpha value is -3.13. The number of hydrogen-bond acceptors (Lipinski definition) is 5. The van der Waals surface area contributed by atoms with Gasteiger partial charge in [0.2, 0.25) is 0 Å². The third-order valence-electron chi connectivity index (χ3n) is 3.62. The maximum absolute atomic E-state index is 11.8. The zero-order valence-electron chi connectivity index (χ0n) is 13.6. The first kappa shape index (κ1) is 17.7. The number of non-ortho nitro benzene ring substituents is 1. The molecule has 0 unspecified atom stereocenters. The molecule has 0 aliphatic carbocycles. The zero-order valence-corrected chi connectivity index (χ0v) is 14.3. The van der Waals surface area contributed by atoms with Gasteiger partial charge in [0.25, 0.3) is 11.6 Å². The SMILES string of the molecule is O=C(COc1ccccc1Cl)NCCc1nc2cccc([N+](=O)[O-])c2[nH]1. The zero-order chi connectivity index (χ0) is 18.5. The fraction of sp³-hybridized carbons (Fsp3) is 0.176. The van der Waals surface area contributed by atoms with E-state index in [1.807, 2.05) is 0 Å². The number of ether oxygens (including phenoxy) is 1. The van der Waals surface area contributed by atoms with Gasteiger partial charge in [-0.2, -0.15) is 0 Å². The number of para-hydroxylation sites is 2. The highest BCUT2D eigenvalue weighted by Gasteiger charge is 2.15. The van der Waals surface area contributed by atoms with Gasteiger partial charge in [-0.05, 0) is 18.2 Å². The molecule has 8 nitrogen and oxygen atoms in total. The van der Waals surface area contributed by atoms with Gasteiger partial charge in [-0.15, -0.1) is 0 Å². The Bertz CT molecular complexity index is 957. The van der Waals surface area contributed by atoms with Crippen LogP contribution in [0.1, 0.15) is 5.82 Å². The summed E-state index contributed by atoms with van der Waals surface area (Å²) in [6, 6.07) is 11.6. The topological polar surface area (TPSA) is 110 Å². The van der Waals surface area contributed by atoms with Gasteiger partial charge in [0.15, 0.2) is 6.61 Å². The number of imidazole rings is 1. The predicted octanol–water partition coefficient (Wildman–Crippen LogP) is 2.86. The van der Waals surface area contributed by atoms with Crippen LogP contribution < -0.4 is 10.1 Å². The van der Waals surface area contributed by atoms with E-state index in [0.717, 1.165) is 0 Å². The van der Waals surface area contributed by atoms with Crippen molar-refractivity contribution in [1.82, 2.24) is 15.3 Å². The van der Waals surface area contributed by atoms with Gasteiger partial charge in [0, 0.05) is 19.0 Å². The third-order valence-corrected chi connectivity index (χ3v) is 3.93. The van der Waals surface area contributed by atoms with Gasteiger partial charge < -0.3 is 15.0 Å². The number of H-pyrrole nitrogens is 1. The Morgan fingerprint density at radius 3 is 2.85 bits per heavy atom. The molecule has 0 saturated heterocycles. The molecular formula is C17H15ClN4O4. The summed E-state index contributed by atoms with van der Waals surface area (Å²) < 4.78 is 5.35. The number of aromatic nitrogens is 2. The Balaban J connectivity index is 1.52. The molecular weight excluding hydrogens is 360 g/mol. The number of nitrogens with zero attached hydrogens (tertiary/aromatic N) is 2. The second-order valence-electron chi connectivity index (χ2n) is 5.43. The lowest BCUT2D eigenvalue weighted by atomic mass is 10.3. The molecule has 1 heterocycles. The standard InChI is InChI=1S/C17H15ClN4O4/c18-11-4-1-2-7-14(11)26-10-16(23)19-9-8-15-20-12-5-3-6-13(22(24)25)17(12)21-15/h1-7H,8-10H2,(H,19,23)(H,20,21). The van der Waals surface area contributed by atoms with Gasteiger partial charge in [-0.25, -0.2) is 4.98 Å². The number of nitro benzene ring substituents is 1. The Morgan fingerprint density at radius 2 is 2.08 bits per heavy atom. The lowest BCUT2D eigenvalue weighted by Gasteiger charge is -2.08. The van der Waals surface area contributed by atoms with Gasteiger partial charge in [0.05, 0.1) is 15.5 Å². The average molecular weight is 375 g/mol. The normalized spacial score (nSPS) is 10.7. The number of nitrogens with one attached hydrogen (secondary N) is 2. The molecule has 0 bridgehead atoms. The molecule has 1 aromatic heterocycles. The molecule has 26 heavy (non-hydrogen) atoms. The van der Waals surface area contributed by atoms with Crippen LogP contribution in [0.25, 0.3) is 11.0 Å². The number of aromatic amines is 1. The minimum Gasteiger partial charge on any atom is -0.482 e. The van der Waals surface area contributed by atoms with E-state index < -0.39 is 4.92 Å². The lowest BCUT2D eigenvalue weighted by Crippen LogP contribution is -2.30. The van der Waals surface area contributed by atoms with E-state index in [9.17, 15) is 14.9 Å². The monoisotopic (exact) mass is 374 g/mol. The Kier molecular flexibility index (Phi) is 5.33. The van der Waals surface area contributed by atoms with Crippen molar-refractivity contribution in [3.63, 3.8) is 0 Å². The van der Waals surface area contributed by atoms with Crippen molar-refractivity contribution < 1.29 is 14.5 Å². The molecule has 0 fully saturated rings. The fourth-order valence-electron chi connectivity index (χ4n) is 2.41. The summed E-state index contributed by atoms with van der Waals surface area (Å²) in [5.74, 6) is 0.697. The number of rotatable bonds is 7. The van der Waals surface area contributed by atoms with Crippen LogP contribution in [0.2, 0.25) is 5.02 Å². The first-order valence-electron chi connectivity index (χ1n) is 7.80. The smallest absolute Gasteiger partial charge is 0.294 e. The molecule has 1 amide bonds. The van der Waals surface area contributed by atoms with E-state index >= 15 is 0 Å². The molecule has 134 valence electrons. The van der Waals surface area contributed by atoms with Crippen molar-refractivity contribution in [2.45, 2.75) is 6.42 Å². The van der Waals surface area contributed by atoms with Crippen LogP contribution in [0.15, 0.2) is 42.5 Å². The molecule has 9 heteroatoms. The number of carbonyl (C=O) groups excluding carboxylic acids is 1. The summed E-state index contributed by atoms with van der Waals surface area (Å²) in [4.78, 5) is 29.6. The second kappa shape index (κ2) is 7.83. The van der Waals surface area contributed by atoms with Gasteiger partial charge >= 0.3 is 0 Å². The molecule has 2 aromatic carbocycles. The minimum atomic E-state index is -0.460. The molecule has 0 aliphatic heterocycles. The molecule has 3 aromatic rings. The second-order valence-corrected chi connectivity index (χ2v) is 5.84. The van der Waals surface area contributed by atoms with Crippen LogP contribution in [0.5, 0.6) is 5.75 Å². The summed E-state index contributed by atoms with van der Waals surface area (Å²) in [5, 5.41) is 14.2. The molecule has 3 rings (SSSR count). The molecule has 0 atom stereocenters. The highest BCUT2D eigenvalue weighted by atomic mass is 35.5. The number of halogens is 1. The van der Waals surface area contributed by atoms with Crippen molar-refractivity contribution in [3.8, 4) is 5.75 Å². The van der Waals surface area contributed by atoms with Crippen molar-refractivity contribution in [2.75, 3.05) is 13.2 Å². The summed E-state index contributed by atoms with van der Waals surface area (Å²) in [6.07, 6.45) is 0.406. The lowest BCUT2D eigenvalue weighted by molar-refractivity contribution is -0.383. The number of carbonyl (C=O) groups is 1. The number of hydrogen-bond donors (Lipinski definition) is 2. The maximum atomic E-state index is 11.8. The Labute approximate surface area is 153 Å². The summed E-state index contributed by atoms with van der Waals surface area (Å²) >= 11 is 5.95. The van der Waals surface area contributed by atoms with Crippen molar-refractivity contribution in [3.05, 3.63) is 63.4 Å². The first-order chi connectivity index (χ1) is 12.5. The van der Waals surface area contributed by atoms with Gasteiger partial charge in [-0.3, -0.25) is 14.9 Å². The molecule has 0 radical (unpaired) electrons. The van der Waals surface area contributed by atoms with Crippen LogP contribution >= 0.6 is 11.6 Å². The van der Waals surface area contributed by atoms with Crippen molar-refractivity contribution >= 4 is 34.2 Å². The van der Waals surface area contributed by atoms with E-state index in [4.69, 9.17) is 16.3 Å². The highest BCUT2D eigenvalue weighted by molar-refractivity contribution is 6.32. The van der Waals surface area contributed by atoms with Crippen LogP contribution in [-0.4, -0.2) is 34.0 Å². The van der Waals surface area contributed by atoms with Gasteiger partial charge in [-0.1, -0.05) is 29.8 Å². The predicted molar refractivity (Wildman–Crippen MR) is 96.4 cm³/mol. The van der Waals surface area contributed by atoms with Crippen LogP contribution in [0.4, 0.5) is 5.69 Å². The first-order valence-corrected chi connectivity index (χ1v) is 8.18. The van der Waals surface area contributed by atoms with E-state index in [0.29, 0.717) is 40.6 Å². The Morgan fingerprint density at radius 1 is 1.27 bits per heavy atom. The van der Waals surface area contributed by atoms with Crippen LogP contribution in [0, 0.1) is 10.1 Å². The maximum Gasteiger partial charge on any atom is 0.294 e. The van der Waals surface area contributed by atoms with Crippen molar-refractivity contribution in [1.29, 1.82) is 0 Å². The molecule has 0 spiro atoms. The van der Waals surface area contributed by atoms with Gasteiger partial charge in [0.1, 0.15) is 17.1 Å². The van der Waals surface area contributed by atoms with E-state index in [1.165, 1.54) is 6.07 Å². The van der Waals surface area contributed by atoms with E-state index in [2.05, 4.69) is 15.3 Å². The summed E-state index contributed by atoms with van der Waals surface area (Å²) in [6.45, 7) is 0.160. The van der Waals surface area contributed by atoms with Crippen LogP contribution in [-0.2, 0) is 11.2 Å². The number of amides is 1. The van der Waals surface area contributed by atoms with E-state index in [1.54, 1.807) is 36.4 Å². The highest BCUT2D eigenvalue weighted by Crippen LogP contribution is 2.23. The quantitative estimate of drug-likeness (QED) is 0.488. The van der Waals surface area contributed by atoms with E-state index in [-0.39, 0.29) is 18.2 Å². The fourth-order valence-corrected chi connectivity index (χ4v) is 2.60. The summed E-state index contributed by atoms with van der Waals surface area (Å²) in [7, 11) is 0. The summed E-state index contributed by atoms with van der Waals surface area (Å²) in [5.41, 5.74) is 0.863. The molecule has 0 saturated carbocycles. The average Bonchev–Trinajstić information content (AvgIpc) is 3.03. The number of nitro groups is 1. The van der Waals surface area contributed by atoms with Crippen LogP contribution in [0.3, 0.4) is 0 Å². The largest absolute Gasteiger partial charge is 0.482 e. The van der Waals surface area contributed by atoms with Crippen molar-refractivity contribution in [2.24, 2.45) is 0 Å². The minimum absolute atomic E-state index is 0.0292. The third kappa shape index (κ3) is 4.09. The molecule has 0 aliphatic rings. The number of benzene rings is 2.